The molecule has 7 heteroatoms. The van der Waals surface area contributed by atoms with Crippen molar-refractivity contribution in [2.24, 2.45) is 0 Å². The largest absolute Gasteiger partial charge is 0.485 e. The predicted octanol–water partition coefficient (Wildman–Crippen LogP) is 5.43. The summed E-state index contributed by atoms with van der Waals surface area (Å²) in [5, 5.41) is 9.29. The Balaban J connectivity index is 1.63. The maximum Gasteiger partial charge on any atom is 0.226 e. The lowest BCUT2D eigenvalue weighted by atomic mass is 10.2. The van der Waals surface area contributed by atoms with Gasteiger partial charge in [0, 0.05) is 18.3 Å². The van der Waals surface area contributed by atoms with Gasteiger partial charge in [-0.3, -0.25) is 4.98 Å². The molecule has 2 aromatic heterocycles. The Labute approximate surface area is 178 Å². The molecule has 0 aliphatic heterocycles. The van der Waals surface area contributed by atoms with Gasteiger partial charge in [0.25, 0.3) is 0 Å². The van der Waals surface area contributed by atoms with Crippen molar-refractivity contribution in [3.8, 4) is 34.8 Å². The second kappa shape index (κ2) is 9.03. The molecule has 0 radical (unpaired) electrons. The highest BCUT2D eigenvalue weighted by molar-refractivity contribution is 6.28. The third-order valence-electron chi connectivity index (χ3n) is 4.13. The van der Waals surface area contributed by atoms with Crippen LogP contribution in [0, 0.1) is 11.3 Å². The van der Waals surface area contributed by atoms with Crippen LogP contribution in [0.25, 0.3) is 11.4 Å². The quantitative estimate of drug-likeness (QED) is 0.391. The minimum atomic E-state index is 0.0244. The number of hydrogen-bond donors (Lipinski definition) is 0. The zero-order valence-corrected chi connectivity index (χ0v) is 16.5. The molecule has 4 rings (SSSR count). The molecule has 4 aromatic rings. The van der Waals surface area contributed by atoms with Crippen LogP contribution in [0.4, 0.5) is 0 Å². The first-order valence-corrected chi connectivity index (χ1v) is 9.44. The van der Waals surface area contributed by atoms with Crippen molar-refractivity contribution < 1.29 is 9.47 Å². The molecular formula is C23H15ClN4O2. The molecule has 6 nitrogen and oxygen atoms in total. The number of nitrogens with zero attached hydrogens (tertiary/aromatic N) is 4. The fourth-order valence-corrected chi connectivity index (χ4v) is 2.89. The highest BCUT2D eigenvalue weighted by Crippen LogP contribution is 2.33. The zero-order chi connectivity index (χ0) is 20.8. The molecule has 0 atom stereocenters. The van der Waals surface area contributed by atoms with E-state index >= 15 is 0 Å². The summed E-state index contributed by atoms with van der Waals surface area (Å²) in [7, 11) is 0. The molecule has 2 aromatic carbocycles. The molecule has 30 heavy (non-hydrogen) atoms. The van der Waals surface area contributed by atoms with Gasteiger partial charge < -0.3 is 9.47 Å². The first-order valence-electron chi connectivity index (χ1n) is 9.06. The minimum absolute atomic E-state index is 0.0244. The van der Waals surface area contributed by atoms with Gasteiger partial charge in [0.05, 0.1) is 23.0 Å². The first kappa shape index (κ1) is 19.4. The Morgan fingerprint density at radius 1 is 0.867 bits per heavy atom. The number of benzene rings is 2. The summed E-state index contributed by atoms with van der Waals surface area (Å²) in [5.41, 5.74) is 2.60. The molecular weight excluding hydrogens is 400 g/mol. The standard InChI is InChI=1S/C23H15ClN4O2/c24-23-27-19(18-8-4-5-11-26-18)13-22(28-23)30-21-12-17(14-25)9-10-20(21)29-15-16-6-2-1-3-7-16/h1-13H,15H2. The van der Waals surface area contributed by atoms with Gasteiger partial charge in [-0.1, -0.05) is 36.4 Å². The van der Waals surface area contributed by atoms with E-state index in [9.17, 15) is 5.26 Å². The van der Waals surface area contributed by atoms with Gasteiger partial charge in [0.1, 0.15) is 6.61 Å². The molecule has 0 aliphatic rings. The van der Waals surface area contributed by atoms with Crippen molar-refractivity contribution >= 4 is 11.6 Å². The van der Waals surface area contributed by atoms with Crippen LogP contribution in [0.3, 0.4) is 0 Å². The van der Waals surface area contributed by atoms with Gasteiger partial charge in [-0.25, -0.2) is 4.98 Å². The normalized spacial score (nSPS) is 10.3. The molecule has 0 spiro atoms. The van der Waals surface area contributed by atoms with Crippen molar-refractivity contribution in [1.29, 1.82) is 5.26 Å². The van der Waals surface area contributed by atoms with Crippen molar-refractivity contribution in [2.45, 2.75) is 6.61 Å². The fraction of sp³-hybridized carbons (Fsp3) is 0.0435. The maximum absolute atomic E-state index is 9.26. The molecule has 2 heterocycles. The van der Waals surface area contributed by atoms with Crippen LogP contribution >= 0.6 is 11.6 Å². The molecule has 146 valence electrons. The van der Waals surface area contributed by atoms with Crippen LogP contribution in [0.2, 0.25) is 5.28 Å². The lowest BCUT2D eigenvalue weighted by Crippen LogP contribution is -1.99. The molecule has 0 saturated heterocycles. The van der Waals surface area contributed by atoms with Crippen molar-refractivity contribution in [3.63, 3.8) is 0 Å². The summed E-state index contributed by atoms with van der Waals surface area (Å²) in [6.07, 6.45) is 1.66. The van der Waals surface area contributed by atoms with Gasteiger partial charge in [-0.2, -0.15) is 10.2 Å². The van der Waals surface area contributed by atoms with Gasteiger partial charge in [0.15, 0.2) is 11.5 Å². The number of rotatable bonds is 6. The van der Waals surface area contributed by atoms with E-state index in [1.165, 1.54) is 0 Å². The average Bonchev–Trinajstić information content (AvgIpc) is 2.79. The van der Waals surface area contributed by atoms with E-state index in [0.717, 1.165) is 5.56 Å². The van der Waals surface area contributed by atoms with E-state index in [4.69, 9.17) is 21.1 Å². The molecule has 0 bridgehead atoms. The molecule has 0 fully saturated rings. The lowest BCUT2D eigenvalue weighted by molar-refractivity contribution is 0.290. The van der Waals surface area contributed by atoms with Crippen LogP contribution in [0.15, 0.2) is 79.0 Å². The Kier molecular flexibility index (Phi) is 5.83. The third-order valence-corrected chi connectivity index (χ3v) is 4.30. The monoisotopic (exact) mass is 414 g/mol. The second-order valence-electron chi connectivity index (χ2n) is 6.23. The summed E-state index contributed by atoms with van der Waals surface area (Å²) >= 11 is 6.09. The molecule has 0 amide bonds. The number of nitriles is 1. The van der Waals surface area contributed by atoms with E-state index in [0.29, 0.717) is 35.1 Å². The van der Waals surface area contributed by atoms with Crippen LogP contribution < -0.4 is 9.47 Å². The topological polar surface area (TPSA) is 80.9 Å². The van der Waals surface area contributed by atoms with Crippen molar-refractivity contribution in [2.75, 3.05) is 0 Å². The summed E-state index contributed by atoms with van der Waals surface area (Å²) in [6.45, 7) is 0.354. The number of aromatic nitrogens is 3. The van der Waals surface area contributed by atoms with Gasteiger partial charge >= 0.3 is 0 Å². The Morgan fingerprint density at radius 3 is 2.47 bits per heavy atom. The fourth-order valence-electron chi connectivity index (χ4n) is 2.72. The van der Waals surface area contributed by atoms with Gasteiger partial charge in [0.2, 0.25) is 11.2 Å². The number of hydrogen-bond acceptors (Lipinski definition) is 6. The summed E-state index contributed by atoms with van der Waals surface area (Å²) in [5.74, 6) is 1.05. The third kappa shape index (κ3) is 4.72. The van der Waals surface area contributed by atoms with E-state index in [2.05, 4.69) is 21.0 Å². The average molecular weight is 415 g/mol. The van der Waals surface area contributed by atoms with Gasteiger partial charge in [-0.05, 0) is 41.4 Å². The summed E-state index contributed by atoms with van der Waals surface area (Å²) < 4.78 is 11.9. The van der Waals surface area contributed by atoms with Crippen LogP contribution in [-0.4, -0.2) is 15.0 Å². The number of halogens is 1. The van der Waals surface area contributed by atoms with Crippen molar-refractivity contribution in [1.82, 2.24) is 15.0 Å². The SMILES string of the molecule is N#Cc1ccc(OCc2ccccc2)c(Oc2cc(-c3ccccn3)nc(Cl)n2)c1. The van der Waals surface area contributed by atoms with E-state index in [-0.39, 0.29) is 11.2 Å². The van der Waals surface area contributed by atoms with E-state index < -0.39 is 0 Å². The highest BCUT2D eigenvalue weighted by atomic mass is 35.5. The smallest absolute Gasteiger partial charge is 0.226 e. The van der Waals surface area contributed by atoms with E-state index in [1.807, 2.05) is 48.5 Å². The number of pyridine rings is 1. The molecule has 0 aliphatic carbocycles. The number of ether oxygens (including phenoxy) is 2. The zero-order valence-electron chi connectivity index (χ0n) is 15.7. The Hall–Kier alpha value is -3.95. The molecule has 0 N–H and O–H groups in total. The van der Waals surface area contributed by atoms with Crippen LogP contribution in [0.1, 0.15) is 11.1 Å². The summed E-state index contributed by atoms with van der Waals surface area (Å²) in [6, 6.07) is 23.9. The highest BCUT2D eigenvalue weighted by Gasteiger charge is 2.13. The Bertz CT molecular complexity index is 1190. The molecule has 0 unspecified atom stereocenters. The van der Waals surface area contributed by atoms with Crippen LogP contribution in [0.5, 0.6) is 17.4 Å². The predicted molar refractivity (Wildman–Crippen MR) is 112 cm³/mol. The van der Waals surface area contributed by atoms with Crippen molar-refractivity contribution in [3.05, 3.63) is 95.4 Å². The Morgan fingerprint density at radius 2 is 1.70 bits per heavy atom. The van der Waals surface area contributed by atoms with Crippen LogP contribution in [-0.2, 0) is 6.61 Å². The minimum Gasteiger partial charge on any atom is -0.485 e. The molecule has 0 saturated carbocycles. The second-order valence-corrected chi connectivity index (χ2v) is 6.56. The van der Waals surface area contributed by atoms with Gasteiger partial charge in [-0.15, -0.1) is 0 Å². The lowest BCUT2D eigenvalue weighted by Gasteiger charge is -2.13. The maximum atomic E-state index is 9.26. The summed E-state index contributed by atoms with van der Waals surface area (Å²) in [4.78, 5) is 12.6. The first-order chi connectivity index (χ1) is 14.7. The van der Waals surface area contributed by atoms with E-state index in [1.54, 1.807) is 30.5 Å².